The van der Waals surface area contributed by atoms with Crippen molar-refractivity contribution < 1.29 is 5.11 Å². The fourth-order valence-electron chi connectivity index (χ4n) is 1.68. The van der Waals surface area contributed by atoms with Crippen LogP contribution in [0.4, 0.5) is 0 Å². The molecule has 0 aliphatic carbocycles. The zero-order chi connectivity index (χ0) is 14.7. The second-order valence-corrected chi connectivity index (χ2v) is 6.63. The number of aryl methyl sites for hydroxylation is 1. The summed E-state index contributed by atoms with van der Waals surface area (Å²) in [7, 11) is 0. The van der Waals surface area contributed by atoms with Crippen LogP contribution in [0.15, 0.2) is 36.7 Å². The van der Waals surface area contributed by atoms with Gasteiger partial charge in [-0.15, -0.1) is 16.4 Å². The highest BCUT2D eigenvalue weighted by Gasteiger charge is 2.04. The Labute approximate surface area is 137 Å². The number of hydrogen-bond acceptors (Lipinski definition) is 4. The Bertz CT molecular complexity index is 696. The van der Waals surface area contributed by atoms with Crippen molar-refractivity contribution in [2.75, 3.05) is 0 Å². The molecule has 0 unspecified atom stereocenters. The van der Waals surface area contributed by atoms with Gasteiger partial charge in [-0.2, -0.15) is 5.10 Å². The third-order valence-corrected chi connectivity index (χ3v) is 4.88. The van der Waals surface area contributed by atoms with Crippen LogP contribution in [0.5, 0.6) is 5.75 Å². The van der Waals surface area contributed by atoms with Gasteiger partial charge in [-0.25, -0.2) is 0 Å². The third-order valence-electron chi connectivity index (χ3n) is 2.70. The van der Waals surface area contributed by atoms with Gasteiger partial charge in [0.05, 0.1) is 15.2 Å². The Morgan fingerprint density at radius 1 is 1.35 bits per heavy atom. The summed E-state index contributed by atoms with van der Waals surface area (Å²) in [6.45, 7) is 5.01. The minimum Gasteiger partial charge on any atom is -0.506 e. The minimum absolute atomic E-state index is 0.178. The highest BCUT2D eigenvalue weighted by Crippen LogP contribution is 2.32. The monoisotopic (exact) mass is 417 g/mol. The van der Waals surface area contributed by atoms with Gasteiger partial charge in [0, 0.05) is 17.6 Å². The molecule has 1 aromatic heterocycles. The first kappa shape index (κ1) is 15.5. The Morgan fingerprint density at radius 2 is 2.00 bits per heavy atom. The van der Waals surface area contributed by atoms with Gasteiger partial charge in [-0.05, 0) is 63.4 Å². The van der Waals surface area contributed by atoms with Crippen molar-refractivity contribution in [1.29, 1.82) is 0 Å². The lowest BCUT2D eigenvalue weighted by Gasteiger charge is -2.01. The predicted molar refractivity (Wildman–Crippen MR) is 89.4 cm³/mol. The molecule has 0 amide bonds. The third kappa shape index (κ3) is 3.39. The summed E-state index contributed by atoms with van der Waals surface area (Å²) >= 11 is 8.14. The summed E-state index contributed by atoms with van der Waals surface area (Å²) in [6.07, 6.45) is 1.66. The van der Waals surface area contributed by atoms with Crippen molar-refractivity contribution in [3.8, 4) is 5.75 Å². The molecule has 0 radical (unpaired) electrons. The Kier molecular flexibility index (Phi) is 5.17. The van der Waals surface area contributed by atoms with Crippen LogP contribution in [-0.2, 0) is 6.54 Å². The zero-order valence-electron chi connectivity index (χ0n) is 11.0. The molecule has 106 valence electrons. The van der Waals surface area contributed by atoms with Crippen molar-refractivity contribution >= 4 is 49.4 Å². The number of benzene rings is 1. The number of aromatic hydroxyl groups is 1. The van der Waals surface area contributed by atoms with E-state index in [0.717, 1.165) is 16.9 Å². The van der Waals surface area contributed by atoms with Gasteiger partial charge in [-0.1, -0.05) is 0 Å². The number of nitrogens with zero attached hydrogens (tertiary/aromatic N) is 3. The quantitative estimate of drug-likeness (QED) is 0.593. The first-order chi connectivity index (χ1) is 9.52. The molecule has 7 heteroatoms. The van der Waals surface area contributed by atoms with E-state index in [1.165, 1.54) is 5.69 Å². The molecule has 0 spiro atoms. The topological polar surface area (TPSA) is 49.9 Å². The lowest BCUT2D eigenvalue weighted by atomic mass is 10.2. The largest absolute Gasteiger partial charge is 0.506 e. The first-order valence-electron chi connectivity index (χ1n) is 5.93. The molecule has 0 bridgehead atoms. The molecular formula is C13H13Br2N3OS. The molecule has 0 saturated heterocycles. The van der Waals surface area contributed by atoms with Gasteiger partial charge in [0.2, 0.25) is 4.80 Å². The lowest BCUT2D eigenvalue weighted by molar-refractivity contribution is 0.468. The molecule has 0 aliphatic rings. The summed E-state index contributed by atoms with van der Waals surface area (Å²) in [5, 5.41) is 20.0. The summed E-state index contributed by atoms with van der Waals surface area (Å²) in [5.74, 6) is 0.178. The van der Waals surface area contributed by atoms with E-state index in [-0.39, 0.29) is 5.75 Å². The average Bonchev–Trinajstić information content (AvgIpc) is 2.76. The molecule has 1 heterocycles. The number of halogens is 2. The number of phenols is 1. The van der Waals surface area contributed by atoms with Crippen molar-refractivity contribution in [1.82, 2.24) is 4.57 Å². The molecule has 2 rings (SSSR count). The fraction of sp³-hybridized carbons (Fsp3) is 0.231. The summed E-state index contributed by atoms with van der Waals surface area (Å²) in [6, 6.07) is 3.57. The van der Waals surface area contributed by atoms with Crippen LogP contribution in [0.1, 0.15) is 18.2 Å². The lowest BCUT2D eigenvalue weighted by Crippen LogP contribution is -2.14. The second-order valence-electron chi connectivity index (χ2n) is 4.08. The molecule has 2 aromatic rings. The maximum absolute atomic E-state index is 9.64. The molecular weight excluding hydrogens is 406 g/mol. The van der Waals surface area contributed by atoms with Crippen LogP contribution in [-0.4, -0.2) is 15.9 Å². The van der Waals surface area contributed by atoms with E-state index >= 15 is 0 Å². The van der Waals surface area contributed by atoms with Crippen LogP contribution in [0.3, 0.4) is 0 Å². The molecule has 0 saturated carbocycles. The van der Waals surface area contributed by atoms with Gasteiger partial charge in [-0.3, -0.25) is 0 Å². The smallest absolute Gasteiger partial charge is 0.210 e. The number of phenolic OH excluding ortho intramolecular Hbond substituents is 1. The van der Waals surface area contributed by atoms with Crippen LogP contribution in [0.25, 0.3) is 0 Å². The average molecular weight is 419 g/mol. The summed E-state index contributed by atoms with van der Waals surface area (Å²) in [5.41, 5.74) is 2.03. The van der Waals surface area contributed by atoms with Gasteiger partial charge < -0.3 is 9.67 Å². The Balaban J connectivity index is 2.30. The van der Waals surface area contributed by atoms with Gasteiger partial charge in [0.25, 0.3) is 0 Å². The number of hydrogen-bond donors (Lipinski definition) is 1. The second kappa shape index (κ2) is 6.69. The number of thiazole rings is 1. The molecule has 20 heavy (non-hydrogen) atoms. The Morgan fingerprint density at radius 3 is 2.60 bits per heavy atom. The van der Waals surface area contributed by atoms with E-state index in [0.29, 0.717) is 8.95 Å². The van der Waals surface area contributed by atoms with Gasteiger partial charge in [0.15, 0.2) is 0 Å². The van der Waals surface area contributed by atoms with Gasteiger partial charge >= 0.3 is 0 Å². The predicted octanol–water partition coefficient (Wildman–Crippen LogP) is 4.04. The van der Waals surface area contributed by atoms with Crippen LogP contribution < -0.4 is 4.80 Å². The van der Waals surface area contributed by atoms with E-state index in [1.807, 2.05) is 0 Å². The summed E-state index contributed by atoms with van der Waals surface area (Å²) in [4.78, 5) is 0.873. The minimum atomic E-state index is 0.178. The van der Waals surface area contributed by atoms with Crippen LogP contribution in [0, 0.1) is 6.92 Å². The molecule has 0 atom stereocenters. The maximum atomic E-state index is 9.64. The first-order valence-corrected chi connectivity index (χ1v) is 8.39. The van der Waals surface area contributed by atoms with Crippen LogP contribution in [0.2, 0.25) is 0 Å². The standard InChI is InChI=1S/C13H13Br2N3OS/c1-3-18-8(2)7-20-13(18)17-16-6-9-4-10(14)12(19)11(15)5-9/h4-7,19H,3H2,1-2H3/b16-6-,17-13-. The van der Waals surface area contributed by atoms with Crippen LogP contribution >= 0.6 is 43.2 Å². The molecule has 1 aromatic carbocycles. The molecule has 1 N–H and O–H groups in total. The van der Waals surface area contributed by atoms with E-state index in [1.54, 1.807) is 29.7 Å². The van der Waals surface area contributed by atoms with E-state index in [2.05, 4.69) is 65.9 Å². The Hall–Kier alpha value is -0.920. The molecule has 0 fully saturated rings. The van der Waals surface area contributed by atoms with Crippen molar-refractivity contribution in [2.24, 2.45) is 10.2 Å². The van der Waals surface area contributed by atoms with E-state index in [9.17, 15) is 5.11 Å². The highest BCUT2D eigenvalue weighted by molar-refractivity contribution is 9.11. The number of rotatable bonds is 3. The normalized spacial score (nSPS) is 12.5. The van der Waals surface area contributed by atoms with Crippen molar-refractivity contribution in [3.05, 3.63) is 42.5 Å². The molecule has 0 aliphatic heterocycles. The fourth-order valence-corrected chi connectivity index (χ4v) is 3.80. The number of aromatic nitrogens is 1. The maximum Gasteiger partial charge on any atom is 0.210 e. The van der Waals surface area contributed by atoms with Gasteiger partial charge in [0.1, 0.15) is 5.75 Å². The van der Waals surface area contributed by atoms with Crippen molar-refractivity contribution in [2.45, 2.75) is 20.4 Å². The molecule has 4 nitrogen and oxygen atoms in total. The van der Waals surface area contributed by atoms with E-state index < -0.39 is 0 Å². The van der Waals surface area contributed by atoms with E-state index in [4.69, 9.17) is 0 Å². The summed E-state index contributed by atoms with van der Waals surface area (Å²) < 4.78 is 3.33. The SMILES string of the molecule is CCn1c(C)cs/c1=N\N=C/c1cc(Br)c(O)c(Br)c1. The highest BCUT2D eigenvalue weighted by atomic mass is 79.9. The zero-order valence-corrected chi connectivity index (χ0v) is 15.0. The van der Waals surface area contributed by atoms with Crippen molar-refractivity contribution in [3.63, 3.8) is 0 Å².